The molecule has 0 aromatic heterocycles. The molecule has 6 heteroatoms. The van der Waals surface area contributed by atoms with Crippen LogP contribution in [0, 0.1) is 0 Å². The van der Waals surface area contributed by atoms with Crippen LogP contribution in [-0.4, -0.2) is 46.1 Å². The largest absolute Gasteiger partial charge is 0.382 e. The van der Waals surface area contributed by atoms with Gasteiger partial charge >= 0.3 is 0 Å². The molecular weight excluding hydrogens is 288 g/mol. The molecule has 1 N–H and O–H groups in total. The zero-order valence-corrected chi connectivity index (χ0v) is 13.7. The Hall–Kier alpha value is -1.11. The van der Waals surface area contributed by atoms with Crippen LogP contribution in [0.25, 0.3) is 0 Å². The Bertz CT molecular complexity index is 564. The van der Waals surface area contributed by atoms with Crippen molar-refractivity contribution < 1.29 is 13.2 Å². The Balaban J connectivity index is 2.06. The number of hydrogen-bond acceptors (Lipinski definition) is 4. The maximum atomic E-state index is 12.1. The van der Waals surface area contributed by atoms with Crippen LogP contribution in [0.4, 0.5) is 5.69 Å². The van der Waals surface area contributed by atoms with Crippen LogP contribution in [0.3, 0.4) is 0 Å². The van der Waals surface area contributed by atoms with Crippen LogP contribution in [0.2, 0.25) is 0 Å². The number of nitrogens with zero attached hydrogens (tertiary/aromatic N) is 1. The lowest BCUT2D eigenvalue weighted by molar-refractivity contribution is 0.0682. The summed E-state index contributed by atoms with van der Waals surface area (Å²) in [7, 11) is 1.46. The van der Waals surface area contributed by atoms with E-state index in [9.17, 15) is 8.42 Å². The first-order valence-electron chi connectivity index (χ1n) is 7.25. The number of sulfonamides is 1. The Morgan fingerprint density at radius 1 is 1.19 bits per heavy atom. The van der Waals surface area contributed by atoms with E-state index in [-0.39, 0.29) is 0 Å². The maximum Gasteiger partial charge on any atom is 0.242 e. The van der Waals surface area contributed by atoms with Crippen LogP contribution < -0.4 is 5.32 Å². The Labute approximate surface area is 127 Å². The highest BCUT2D eigenvalue weighted by Crippen LogP contribution is 2.25. The van der Waals surface area contributed by atoms with Gasteiger partial charge in [-0.1, -0.05) is 6.07 Å². The molecule has 1 aliphatic carbocycles. The number of hydrogen-bond donors (Lipinski definition) is 1. The van der Waals surface area contributed by atoms with Gasteiger partial charge in [0.25, 0.3) is 0 Å². The van der Waals surface area contributed by atoms with Crippen molar-refractivity contribution in [3.63, 3.8) is 0 Å². The molecule has 1 fully saturated rings. The number of rotatable bonds is 5. The van der Waals surface area contributed by atoms with Gasteiger partial charge < -0.3 is 10.1 Å². The molecule has 0 heterocycles. The van der Waals surface area contributed by atoms with E-state index >= 15 is 0 Å². The van der Waals surface area contributed by atoms with Gasteiger partial charge in [0.15, 0.2) is 0 Å². The van der Waals surface area contributed by atoms with E-state index in [2.05, 4.69) is 5.32 Å². The average molecular weight is 312 g/mol. The van der Waals surface area contributed by atoms with E-state index < -0.39 is 10.0 Å². The van der Waals surface area contributed by atoms with Crippen LogP contribution in [0.5, 0.6) is 0 Å². The topological polar surface area (TPSA) is 58.6 Å². The molecule has 118 valence electrons. The number of anilines is 1. The van der Waals surface area contributed by atoms with Crippen molar-refractivity contribution in [3.8, 4) is 0 Å². The van der Waals surface area contributed by atoms with Crippen LogP contribution in [0.1, 0.15) is 25.7 Å². The molecular formula is C15H24N2O3S. The van der Waals surface area contributed by atoms with Crippen molar-refractivity contribution in [1.82, 2.24) is 4.31 Å². The van der Waals surface area contributed by atoms with E-state index in [0.29, 0.717) is 17.0 Å². The number of methoxy groups -OCH3 is 1. The van der Waals surface area contributed by atoms with Gasteiger partial charge in [-0.15, -0.1) is 0 Å². The molecule has 21 heavy (non-hydrogen) atoms. The summed E-state index contributed by atoms with van der Waals surface area (Å²) in [5.74, 6) is 0. The molecule has 0 atom stereocenters. The molecule has 0 radical (unpaired) electrons. The van der Waals surface area contributed by atoms with Gasteiger partial charge in [-0.2, -0.15) is 0 Å². The lowest BCUT2D eigenvalue weighted by Gasteiger charge is -2.29. The Morgan fingerprint density at radius 2 is 1.86 bits per heavy atom. The van der Waals surface area contributed by atoms with Gasteiger partial charge in [0.05, 0.1) is 11.0 Å². The van der Waals surface area contributed by atoms with E-state index in [4.69, 9.17) is 4.74 Å². The summed E-state index contributed by atoms with van der Waals surface area (Å²) >= 11 is 0. The molecule has 1 aromatic carbocycles. The minimum absolute atomic E-state index is 0.322. The lowest BCUT2D eigenvalue weighted by Crippen LogP contribution is -2.29. The summed E-state index contributed by atoms with van der Waals surface area (Å²) in [6, 6.07) is 7.41. The quantitative estimate of drug-likeness (QED) is 0.906. The van der Waals surface area contributed by atoms with Crippen molar-refractivity contribution in [2.24, 2.45) is 0 Å². The number of benzene rings is 1. The van der Waals surface area contributed by atoms with E-state index in [1.807, 2.05) is 6.07 Å². The minimum atomic E-state index is -3.38. The zero-order valence-electron chi connectivity index (χ0n) is 12.9. The highest BCUT2D eigenvalue weighted by Gasteiger charge is 2.21. The average Bonchev–Trinajstić information content (AvgIpc) is 2.48. The zero-order chi connectivity index (χ0) is 15.5. The first kappa shape index (κ1) is 16.3. The highest BCUT2D eigenvalue weighted by atomic mass is 32.2. The fourth-order valence-electron chi connectivity index (χ4n) is 2.64. The first-order valence-corrected chi connectivity index (χ1v) is 8.69. The highest BCUT2D eigenvalue weighted by molar-refractivity contribution is 7.89. The molecule has 0 unspecified atom stereocenters. The molecule has 0 amide bonds. The van der Waals surface area contributed by atoms with Gasteiger partial charge in [0, 0.05) is 32.9 Å². The fourth-order valence-corrected chi connectivity index (χ4v) is 3.58. The molecule has 2 rings (SSSR count). The van der Waals surface area contributed by atoms with Gasteiger partial charge in [0.2, 0.25) is 10.0 Å². The smallest absolute Gasteiger partial charge is 0.242 e. The third kappa shape index (κ3) is 3.96. The predicted molar refractivity (Wildman–Crippen MR) is 84.0 cm³/mol. The third-order valence-electron chi connectivity index (χ3n) is 3.99. The maximum absolute atomic E-state index is 12.1. The molecule has 0 aliphatic heterocycles. The van der Waals surface area contributed by atoms with Crippen molar-refractivity contribution in [2.75, 3.05) is 26.5 Å². The van der Waals surface area contributed by atoms with Crippen LogP contribution in [-0.2, 0) is 14.8 Å². The molecule has 0 spiro atoms. The number of nitrogens with one attached hydrogen (secondary N) is 1. The summed E-state index contributed by atoms with van der Waals surface area (Å²) in [5.41, 5.74) is 0.860. The van der Waals surface area contributed by atoms with Crippen LogP contribution in [0.15, 0.2) is 29.2 Å². The lowest BCUT2D eigenvalue weighted by atomic mass is 9.93. The summed E-state index contributed by atoms with van der Waals surface area (Å²) in [4.78, 5) is 0.322. The molecule has 1 saturated carbocycles. The summed E-state index contributed by atoms with van der Waals surface area (Å²) < 4.78 is 30.9. The SMILES string of the molecule is COC1CCC(Nc2cccc(S(=O)(=O)N(C)C)c2)CC1. The second-order valence-electron chi connectivity index (χ2n) is 5.67. The van der Waals surface area contributed by atoms with Crippen molar-refractivity contribution in [2.45, 2.75) is 42.7 Å². The van der Waals surface area contributed by atoms with Gasteiger partial charge in [-0.3, -0.25) is 0 Å². The monoisotopic (exact) mass is 312 g/mol. The second-order valence-corrected chi connectivity index (χ2v) is 7.82. The van der Waals surface area contributed by atoms with Crippen LogP contribution >= 0.6 is 0 Å². The standard InChI is InChI=1S/C15H24N2O3S/c1-17(2)21(18,19)15-6-4-5-13(11-15)16-12-7-9-14(20-3)10-8-12/h4-6,11-12,14,16H,7-10H2,1-3H3. The van der Waals surface area contributed by atoms with E-state index in [1.165, 1.54) is 4.31 Å². The van der Waals surface area contributed by atoms with Gasteiger partial charge in [-0.25, -0.2) is 12.7 Å². The molecule has 1 aliphatic rings. The first-order chi connectivity index (χ1) is 9.93. The van der Waals surface area contributed by atoms with E-state index in [0.717, 1.165) is 31.4 Å². The summed E-state index contributed by atoms with van der Waals surface area (Å²) in [6.07, 6.45) is 4.54. The van der Waals surface area contributed by atoms with Gasteiger partial charge in [0.1, 0.15) is 0 Å². The van der Waals surface area contributed by atoms with Crippen molar-refractivity contribution in [1.29, 1.82) is 0 Å². The minimum Gasteiger partial charge on any atom is -0.382 e. The predicted octanol–water partition coefficient (Wildman–Crippen LogP) is 2.31. The second kappa shape index (κ2) is 6.77. The Morgan fingerprint density at radius 3 is 2.43 bits per heavy atom. The van der Waals surface area contributed by atoms with Crippen molar-refractivity contribution >= 4 is 15.7 Å². The van der Waals surface area contributed by atoms with E-state index in [1.54, 1.807) is 39.4 Å². The van der Waals surface area contributed by atoms with Gasteiger partial charge in [-0.05, 0) is 43.9 Å². The van der Waals surface area contributed by atoms with Crippen molar-refractivity contribution in [3.05, 3.63) is 24.3 Å². The molecule has 0 bridgehead atoms. The summed E-state index contributed by atoms with van der Waals surface area (Å²) in [6.45, 7) is 0. The third-order valence-corrected chi connectivity index (χ3v) is 5.80. The molecule has 1 aromatic rings. The Kier molecular flexibility index (Phi) is 5.24. The fraction of sp³-hybridized carbons (Fsp3) is 0.600. The molecule has 0 saturated heterocycles. The number of ether oxygens (including phenoxy) is 1. The normalized spacial score (nSPS) is 23.2. The summed E-state index contributed by atoms with van der Waals surface area (Å²) in [5, 5.41) is 3.44. The molecule has 5 nitrogen and oxygen atoms in total.